The Labute approximate surface area is 191 Å². The summed E-state index contributed by atoms with van der Waals surface area (Å²) in [6, 6.07) is 27.7. The van der Waals surface area contributed by atoms with Crippen LogP contribution in [-0.4, -0.2) is 28.8 Å². The maximum Gasteiger partial charge on any atom is 0.289 e. The van der Waals surface area contributed by atoms with Crippen molar-refractivity contribution >= 4 is 39.5 Å². The van der Waals surface area contributed by atoms with E-state index in [2.05, 4.69) is 18.7 Å². The maximum absolute atomic E-state index is 13.0. The number of para-hydroxylation sites is 2. The summed E-state index contributed by atoms with van der Waals surface area (Å²) in [6.07, 6.45) is 1.70. The smallest absolute Gasteiger partial charge is 0.289 e. The van der Waals surface area contributed by atoms with E-state index >= 15 is 0 Å². The van der Waals surface area contributed by atoms with Gasteiger partial charge in [-0.05, 0) is 41.6 Å². The molecule has 1 unspecified atom stereocenters. The van der Waals surface area contributed by atoms with Crippen LogP contribution in [-0.2, 0) is 4.87 Å². The minimum Gasteiger partial charge on any atom is -0.487 e. The van der Waals surface area contributed by atoms with Gasteiger partial charge in [0.2, 0.25) is 0 Å². The summed E-state index contributed by atoms with van der Waals surface area (Å²) < 4.78 is 5.80. The molecule has 1 atom stereocenters. The van der Waals surface area contributed by atoms with Gasteiger partial charge in [0.25, 0.3) is 5.24 Å². The van der Waals surface area contributed by atoms with Crippen molar-refractivity contribution in [1.29, 1.82) is 0 Å². The zero-order valence-electron chi connectivity index (χ0n) is 17.1. The van der Waals surface area contributed by atoms with E-state index in [0.717, 1.165) is 22.2 Å². The number of carbonyl (C=O) groups excluding carboxylic acids is 1. The Bertz CT molecular complexity index is 1100. The van der Waals surface area contributed by atoms with Gasteiger partial charge in [0, 0.05) is 11.9 Å². The van der Waals surface area contributed by atoms with E-state index in [-0.39, 0.29) is 5.24 Å². The molecule has 6 heteroatoms. The predicted molar refractivity (Wildman–Crippen MR) is 130 cm³/mol. The van der Waals surface area contributed by atoms with E-state index in [4.69, 9.17) is 9.73 Å². The summed E-state index contributed by atoms with van der Waals surface area (Å²) in [4.78, 5) is 20.0. The minimum absolute atomic E-state index is 0.0458. The molecule has 1 aliphatic rings. The first-order valence-corrected chi connectivity index (χ1v) is 11.5. The van der Waals surface area contributed by atoms with Crippen LogP contribution in [0, 0.1) is 0 Å². The second-order valence-corrected chi connectivity index (χ2v) is 9.04. The fraction of sp³-hybridized carbons (Fsp3) is 0.120. The van der Waals surface area contributed by atoms with E-state index in [1.54, 1.807) is 22.7 Å². The fourth-order valence-electron chi connectivity index (χ4n) is 3.33. The average Bonchev–Trinajstić information content (AvgIpc) is 3.04. The molecule has 0 saturated carbocycles. The third kappa shape index (κ3) is 4.27. The van der Waals surface area contributed by atoms with Crippen LogP contribution in [0.2, 0.25) is 0 Å². The van der Waals surface area contributed by atoms with Crippen molar-refractivity contribution in [3.8, 4) is 5.75 Å². The highest BCUT2D eigenvalue weighted by Gasteiger charge is 2.52. The van der Waals surface area contributed by atoms with Gasteiger partial charge < -0.3 is 9.64 Å². The molecule has 0 bridgehead atoms. The number of benzene rings is 3. The van der Waals surface area contributed by atoms with Gasteiger partial charge in [0.15, 0.2) is 4.87 Å². The van der Waals surface area contributed by atoms with Crippen LogP contribution in [0.3, 0.4) is 0 Å². The Kier molecular flexibility index (Phi) is 6.49. The molecule has 1 amide bonds. The van der Waals surface area contributed by atoms with Crippen molar-refractivity contribution in [2.75, 3.05) is 13.7 Å². The zero-order valence-corrected chi connectivity index (χ0v) is 18.7. The van der Waals surface area contributed by atoms with E-state index in [1.165, 1.54) is 0 Å². The molecule has 31 heavy (non-hydrogen) atoms. The van der Waals surface area contributed by atoms with Gasteiger partial charge >= 0.3 is 0 Å². The number of hydrogen-bond acceptors (Lipinski definition) is 5. The quantitative estimate of drug-likeness (QED) is 0.378. The molecule has 1 heterocycles. The van der Waals surface area contributed by atoms with Crippen LogP contribution in [0.5, 0.6) is 5.75 Å². The molecular formula is C25H22N2O2S2. The normalized spacial score (nSPS) is 19.6. The molecule has 0 aromatic heterocycles. The average molecular weight is 447 g/mol. The lowest BCUT2D eigenvalue weighted by Gasteiger charge is -2.35. The van der Waals surface area contributed by atoms with Crippen molar-refractivity contribution in [2.24, 2.45) is 4.99 Å². The highest BCUT2D eigenvalue weighted by Crippen LogP contribution is 2.53. The molecule has 1 fully saturated rings. The van der Waals surface area contributed by atoms with Crippen molar-refractivity contribution in [3.63, 3.8) is 0 Å². The van der Waals surface area contributed by atoms with E-state index < -0.39 is 4.87 Å². The molecule has 0 aliphatic carbocycles. The number of aliphatic imine (C=N–C) groups is 1. The van der Waals surface area contributed by atoms with Crippen LogP contribution in [0.4, 0.5) is 10.5 Å². The molecule has 1 aliphatic heterocycles. The zero-order chi connectivity index (χ0) is 21.7. The molecular weight excluding hydrogens is 424 g/mol. The Morgan fingerprint density at radius 1 is 1.03 bits per heavy atom. The maximum atomic E-state index is 13.0. The molecule has 0 radical (unpaired) electrons. The predicted octanol–water partition coefficient (Wildman–Crippen LogP) is 6.73. The number of ether oxygens (including phenoxy) is 1. The summed E-state index contributed by atoms with van der Waals surface area (Å²) in [6.45, 7) is 4.10. The largest absolute Gasteiger partial charge is 0.487 e. The van der Waals surface area contributed by atoms with E-state index in [1.807, 2.05) is 79.8 Å². The van der Waals surface area contributed by atoms with Gasteiger partial charge in [-0.1, -0.05) is 85.1 Å². The fourth-order valence-corrected chi connectivity index (χ4v) is 5.86. The molecule has 0 spiro atoms. The number of nitrogens with zero attached hydrogens (tertiary/aromatic N) is 2. The van der Waals surface area contributed by atoms with Gasteiger partial charge in [0.1, 0.15) is 23.1 Å². The van der Waals surface area contributed by atoms with E-state index in [9.17, 15) is 4.79 Å². The Hall–Kier alpha value is -2.96. The number of thioether (sulfide) groups is 2. The van der Waals surface area contributed by atoms with Crippen molar-refractivity contribution in [1.82, 2.24) is 4.90 Å². The molecule has 4 nitrogen and oxygen atoms in total. The number of rotatable bonds is 7. The SMILES string of the molecule is C=CCOc1ccccc1N=C1SC(=O)N(C)C1(Sc1ccccc1)c1ccccc1. The first-order valence-electron chi connectivity index (χ1n) is 9.82. The van der Waals surface area contributed by atoms with Gasteiger partial charge in [-0.2, -0.15) is 0 Å². The van der Waals surface area contributed by atoms with Gasteiger partial charge in [-0.3, -0.25) is 4.79 Å². The van der Waals surface area contributed by atoms with Crippen LogP contribution in [0.25, 0.3) is 0 Å². The van der Waals surface area contributed by atoms with Crippen LogP contribution >= 0.6 is 23.5 Å². The lowest BCUT2D eigenvalue weighted by Crippen LogP contribution is -2.41. The first-order chi connectivity index (χ1) is 15.1. The standard InChI is InChI=1S/C25H22N2O2S2/c1-3-18-29-22-17-11-10-16-21(22)26-23-25(27(2)24(28)30-23,19-12-6-4-7-13-19)31-20-14-8-5-9-15-20/h3-17H,1,18H2,2H3. The summed E-state index contributed by atoms with van der Waals surface area (Å²) in [5.41, 5.74) is 1.68. The number of hydrogen-bond donors (Lipinski definition) is 0. The molecule has 156 valence electrons. The van der Waals surface area contributed by atoms with Crippen LogP contribution in [0.1, 0.15) is 5.56 Å². The summed E-state index contributed by atoms with van der Waals surface area (Å²) in [7, 11) is 1.83. The Balaban J connectivity index is 1.88. The topological polar surface area (TPSA) is 41.9 Å². The van der Waals surface area contributed by atoms with Crippen LogP contribution < -0.4 is 4.74 Å². The molecule has 3 aromatic rings. The number of carbonyl (C=O) groups is 1. The second-order valence-electron chi connectivity index (χ2n) is 6.84. The molecule has 1 saturated heterocycles. The third-order valence-electron chi connectivity index (χ3n) is 4.84. The van der Waals surface area contributed by atoms with Crippen molar-refractivity contribution in [2.45, 2.75) is 9.77 Å². The third-order valence-corrected chi connectivity index (χ3v) is 7.50. The minimum atomic E-state index is -0.782. The first kappa shape index (κ1) is 21.3. The summed E-state index contributed by atoms with van der Waals surface area (Å²) in [5.74, 6) is 0.657. The monoisotopic (exact) mass is 446 g/mol. The highest BCUT2D eigenvalue weighted by molar-refractivity contribution is 8.28. The molecule has 4 rings (SSSR count). The van der Waals surface area contributed by atoms with Crippen molar-refractivity contribution < 1.29 is 9.53 Å². The molecule has 3 aromatic carbocycles. The molecule has 0 N–H and O–H groups in total. The van der Waals surface area contributed by atoms with Gasteiger partial charge in [0.05, 0.1) is 0 Å². The number of amides is 1. The lowest BCUT2D eigenvalue weighted by molar-refractivity contribution is 0.225. The highest BCUT2D eigenvalue weighted by atomic mass is 32.2. The second kappa shape index (κ2) is 9.45. The van der Waals surface area contributed by atoms with E-state index in [0.29, 0.717) is 23.1 Å². The summed E-state index contributed by atoms with van der Waals surface area (Å²) in [5, 5.41) is 0.658. The Morgan fingerprint density at radius 3 is 2.39 bits per heavy atom. The van der Waals surface area contributed by atoms with Gasteiger partial charge in [-0.25, -0.2) is 4.99 Å². The lowest BCUT2D eigenvalue weighted by atomic mass is 10.1. The Morgan fingerprint density at radius 2 is 1.68 bits per heavy atom. The van der Waals surface area contributed by atoms with Crippen LogP contribution in [0.15, 0.2) is 107 Å². The summed E-state index contributed by atoms with van der Waals surface area (Å²) >= 11 is 2.77. The van der Waals surface area contributed by atoms with Gasteiger partial charge in [-0.15, -0.1) is 0 Å². The van der Waals surface area contributed by atoms with Crippen molar-refractivity contribution in [3.05, 3.63) is 103 Å².